The first-order chi connectivity index (χ1) is 7.89. The van der Waals surface area contributed by atoms with Gasteiger partial charge in [-0.05, 0) is 49.4 Å². The van der Waals surface area contributed by atoms with Gasteiger partial charge in [0.2, 0.25) is 0 Å². The van der Waals surface area contributed by atoms with Gasteiger partial charge in [0.15, 0.2) is 5.82 Å². The zero-order valence-electron chi connectivity index (χ0n) is 9.98. The Labute approximate surface area is 98.4 Å². The van der Waals surface area contributed by atoms with Crippen molar-refractivity contribution in [3.05, 3.63) is 24.0 Å². The number of benzene rings is 1. The van der Waals surface area contributed by atoms with Gasteiger partial charge in [0.05, 0.1) is 11.1 Å². The van der Waals surface area contributed by atoms with Crippen LogP contribution in [-0.2, 0) is 5.54 Å². The van der Waals surface area contributed by atoms with E-state index >= 15 is 0 Å². The molecule has 2 N–H and O–H groups in total. The number of halogens is 1. The van der Waals surface area contributed by atoms with E-state index in [0.717, 1.165) is 0 Å². The maximum atomic E-state index is 13.8. The number of rotatable bonds is 1. The number of tetrazole rings is 1. The lowest BCUT2D eigenvalue weighted by atomic mass is 10.1. The summed E-state index contributed by atoms with van der Waals surface area (Å²) in [6.45, 7) is 5.84. The Morgan fingerprint density at radius 1 is 1.29 bits per heavy atom. The van der Waals surface area contributed by atoms with Crippen LogP contribution in [0.5, 0.6) is 0 Å². The first-order valence-corrected chi connectivity index (χ1v) is 5.24. The monoisotopic (exact) mass is 235 g/mol. The minimum absolute atomic E-state index is 0.313. The average Bonchev–Trinajstić information content (AvgIpc) is 2.65. The molecule has 90 valence electrons. The molecule has 5 nitrogen and oxygen atoms in total. The summed E-state index contributed by atoms with van der Waals surface area (Å²) < 4.78 is 15.4. The average molecular weight is 235 g/mol. The molecule has 0 aliphatic carbocycles. The highest BCUT2D eigenvalue weighted by Crippen LogP contribution is 2.25. The number of nitrogens with zero attached hydrogens (tertiary/aromatic N) is 4. The maximum absolute atomic E-state index is 13.8. The van der Waals surface area contributed by atoms with Crippen LogP contribution in [0.15, 0.2) is 18.2 Å². The van der Waals surface area contributed by atoms with E-state index in [-0.39, 0.29) is 5.54 Å². The topological polar surface area (TPSA) is 69.6 Å². The van der Waals surface area contributed by atoms with Crippen molar-refractivity contribution in [1.29, 1.82) is 0 Å². The lowest BCUT2D eigenvalue weighted by Crippen LogP contribution is -2.24. The maximum Gasteiger partial charge on any atom is 0.185 e. The van der Waals surface area contributed by atoms with E-state index in [2.05, 4.69) is 15.5 Å². The van der Waals surface area contributed by atoms with Crippen molar-refractivity contribution in [2.24, 2.45) is 0 Å². The molecule has 0 aliphatic heterocycles. The summed E-state index contributed by atoms with van der Waals surface area (Å²) in [6.07, 6.45) is 0. The van der Waals surface area contributed by atoms with E-state index in [9.17, 15) is 4.39 Å². The van der Waals surface area contributed by atoms with Crippen LogP contribution in [0.3, 0.4) is 0 Å². The summed E-state index contributed by atoms with van der Waals surface area (Å²) in [6, 6.07) is 4.47. The number of nitrogens with two attached hydrogens (primary N) is 1. The molecule has 17 heavy (non-hydrogen) atoms. The summed E-state index contributed by atoms with van der Waals surface area (Å²) in [5.41, 5.74) is 5.92. The smallest absolute Gasteiger partial charge is 0.185 e. The van der Waals surface area contributed by atoms with Crippen LogP contribution in [0.25, 0.3) is 11.4 Å². The van der Waals surface area contributed by atoms with Gasteiger partial charge in [-0.2, -0.15) is 0 Å². The standard InChI is InChI=1S/C11H14FN5/c1-11(2,3)17-10(14-15-16-17)8-5-4-7(13)6-9(8)12/h4-6H,13H2,1-3H3. The predicted octanol–water partition coefficient (Wildman–Crippen LogP) is 1.82. The van der Waals surface area contributed by atoms with E-state index in [1.165, 1.54) is 6.07 Å². The molecule has 6 heteroatoms. The van der Waals surface area contributed by atoms with Gasteiger partial charge in [0.1, 0.15) is 5.82 Å². The van der Waals surface area contributed by atoms with Crippen LogP contribution in [0.1, 0.15) is 20.8 Å². The first kappa shape index (κ1) is 11.5. The number of anilines is 1. The molecule has 0 radical (unpaired) electrons. The van der Waals surface area contributed by atoms with E-state index in [4.69, 9.17) is 5.73 Å². The number of aromatic nitrogens is 4. The second kappa shape index (κ2) is 3.80. The zero-order valence-corrected chi connectivity index (χ0v) is 9.98. The van der Waals surface area contributed by atoms with Crippen LogP contribution >= 0.6 is 0 Å². The van der Waals surface area contributed by atoms with Gasteiger partial charge in [0, 0.05) is 5.69 Å². The zero-order chi connectivity index (χ0) is 12.6. The fourth-order valence-electron chi connectivity index (χ4n) is 1.52. The fraction of sp³-hybridized carbons (Fsp3) is 0.364. The van der Waals surface area contributed by atoms with Crippen LogP contribution < -0.4 is 5.73 Å². The van der Waals surface area contributed by atoms with Crippen molar-refractivity contribution >= 4 is 5.69 Å². The van der Waals surface area contributed by atoms with E-state index in [0.29, 0.717) is 17.1 Å². The number of hydrogen-bond acceptors (Lipinski definition) is 4. The van der Waals surface area contributed by atoms with Crippen molar-refractivity contribution in [3.63, 3.8) is 0 Å². The van der Waals surface area contributed by atoms with Crippen molar-refractivity contribution in [1.82, 2.24) is 20.2 Å². The molecule has 0 amide bonds. The van der Waals surface area contributed by atoms with Crippen molar-refractivity contribution in [2.75, 3.05) is 5.73 Å². The quantitative estimate of drug-likeness (QED) is 0.765. The second-order valence-corrected chi connectivity index (χ2v) is 4.82. The van der Waals surface area contributed by atoms with Crippen LogP contribution in [0.4, 0.5) is 10.1 Å². The first-order valence-electron chi connectivity index (χ1n) is 5.24. The molecule has 0 unspecified atom stereocenters. The summed E-state index contributed by atoms with van der Waals surface area (Å²) in [5, 5.41) is 11.3. The summed E-state index contributed by atoms with van der Waals surface area (Å²) >= 11 is 0. The van der Waals surface area contributed by atoms with Gasteiger partial charge in [0.25, 0.3) is 0 Å². The molecular weight excluding hydrogens is 221 g/mol. The minimum Gasteiger partial charge on any atom is -0.399 e. The largest absolute Gasteiger partial charge is 0.399 e. The number of hydrogen-bond donors (Lipinski definition) is 1. The molecule has 0 bridgehead atoms. The van der Waals surface area contributed by atoms with Crippen LogP contribution in [0, 0.1) is 5.82 Å². The summed E-state index contributed by atoms with van der Waals surface area (Å²) in [4.78, 5) is 0. The van der Waals surface area contributed by atoms with E-state index in [1.807, 2.05) is 20.8 Å². The fourth-order valence-corrected chi connectivity index (χ4v) is 1.52. The highest BCUT2D eigenvalue weighted by molar-refractivity contribution is 5.59. The molecule has 2 aromatic rings. The lowest BCUT2D eigenvalue weighted by Gasteiger charge is -2.20. The second-order valence-electron chi connectivity index (χ2n) is 4.82. The molecular formula is C11H14FN5. The minimum atomic E-state index is -0.426. The molecule has 2 rings (SSSR count). The molecule has 1 aromatic heterocycles. The third-order valence-electron chi connectivity index (χ3n) is 2.34. The normalized spacial score (nSPS) is 11.8. The van der Waals surface area contributed by atoms with Gasteiger partial charge >= 0.3 is 0 Å². The molecule has 1 heterocycles. The van der Waals surface area contributed by atoms with Crippen molar-refractivity contribution < 1.29 is 4.39 Å². The Bertz CT molecular complexity index is 541. The van der Waals surface area contributed by atoms with E-state index < -0.39 is 5.82 Å². The van der Waals surface area contributed by atoms with Gasteiger partial charge in [-0.3, -0.25) is 0 Å². The Morgan fingerprint density at radius 3 is 2.59 bits per heavy atom. The molecule has 0 aliphatic rings. The number of nitrogen functional groups attached to an aromatic ring is 1. The van der Waals surface area contributed by atoms with Gasteiger partial charge in [-0.15, -0.1) is 5.10 Å². The Balaban J connectivity index is 2.58. The van der Waals surface area contributed by atoms with Crippen molar-refractivity contribution in [3.8, 4) is 11.4 Å². The predicted molar refractivity (Wildman–Crippen MR) is 62.6 cm³/mol. The van der Waals surface area contributed by atoms with Gasteiger partial charge in [-0.1, -0.05) is 0 Å². The van der Waals surface area contributed by atoms with Crippen molar-refractivity contribution in [2.45, 2.75) is 26.3 Å². The lowest BCUT2D eigenvalue weighted by molar-refractivity contribution is 0.350. The Hall–Kier alpha value is -1.98. The summed E-state index contributed by atoms with van der Waals surface area (Å²) in [7, 11) is 0. The third kappa shape index (κ3) is 2.11. The molecule has 1 aromatic carbocycles. The van der Waals surface area contributed by atoms with Gasteiger partial charge < -0.3 is 5.73 Å². The molecule has 0 fully saturated rings. The van der Waals surface area contributed by atoms with Gasteiger partial charge in [-0.25, -0.2) is 9.07 Å². The van der Waals surface area contributed by atoms with Crippen LogP contribution in [-0.4, -0.2) is 20.2 Å². The molecule has 0 atom stereocenters. The van der Waals surface area contributed by atoms with Crippen LogP contribution in [0.2, 0.25) is 0 Å². The molecule has 0 saturated carbocycles. The Morgan fingerprint density at radius 2 is 2.00 bits per heavy atom. The highest BCUT2D eigenvalue weighted by Gasteiger charge is 2.22. The SMILES string of the molecule is CC(C)(C)n1nnnc1-c1ccc(N)cc1F. The summed E-state index contributed by atoms with van der Waals surface area (Å²) in [5.74, 6) is -0.0275. The molecule has 0 saturated heterocycles. The molecule has 0 spiro atoms. The highest BCUT2D eigenvalue weighted by atomic mass is 19.1. The Kier molecular flexibility index (Phi) is 2.57. The van der Waals surface area contributed by atoms with E-state index in [1.54, 1.807) is 16.8 Å². The third-order valence-corrected chi connectivity index (χ3v) is 2.34.